The lowest BCUT2D eigenvalue weighted by Crippen LogP contribution is -2.39. The number of aliphatic hydroxyl groups is 1. The van der Waals surface area contributed by atoms with Gasteiger partial charge in [0.05, 0.1) is 11.0 Å². The van der Waals surface area contributed by atoms with Crippen LogP contribution in [0.2, 0.25) is 0 Å². The maximum atomic E-state index is 11.3. The highest BCUT2D eigenvalue weighted by atomic mass is 32.2. The summed E-state index contributed by atoms with van der Waals surface area (Å²) in [4.78, 5) is 2.07. The van der Waals surface area contributed by atoms with Crippen molar-refractivity contribution >= 4 is 15.8 Å². The lowest BCUT2D eigenvalue weighted by atomic mass is 9.94. The molecule has 1 saturated heterocycles. The Morgan fingerprint density at radius 1 is 1.23 bits per heavy atom. The number of aliphatic hydroxyl groups excluding tert-OH is 1. The maximum absolute atomic E-state index is 11.3. The van der Waals surface area contributed by atoms with Gasteiger partial charge in [-0.15, -0.1) is 0 Å². The van der Waals surface area contributed by atoms with E-state index >= 15 is 0 Å². The van der Waals surface area contributed by atoms with Crippen molar-refractivity contribution in [3.63, 3.8) is 0 Å². The number of piperidine rings is 1. The van der Waals surface area contributed by atoms with Crippen molar-refractivity contribution in [1.82, 2.24) is 5.32 Å². The van der Waals surface area contributed by atoms with Gasteiger partial charge < -0.3 is 15.3 Å². The number of hydrogen-bond acceptors (Lipinski definition) is 5. The van der Waals surface area contributed by atoms with E-state index in [1.54, 1.807) is 6.07 Å². The summed E-state index contributed by atoms with van der Waals surface area (Å²) in [6.07, 6.45) is 2.17. The molecule has 1 aromatic carbocycles. The van der Waals surface area contributed by atoms with E-state index in [0.29, 0.717) is 17.9 Å². The number of nitrogens with zero attached hydrogens (tertiary/aromatic N) is 1. The van der Waals surface area contributed by atoms with Crippen LogP contribution in [0.5, 0.6) is 0 Å². The minimum absolute atomic E-state index is 0.158. The highest BCUT2D eigenvalue weighted by molar-refractivity contribution is 7.85. The molecule has 3 rings (SSSR count). The van der Waals surface area contributed by atoms with E-state index in [4.69, 9.17) is 0 Å². The van der Waals surface area contributed by atoms with Crippen LogP contribution in [0.15, 0.2) is 23.1 Å². The standard InChI is InChI=1S/C15H22N2O4S/c18-15-5-8-17(10-11-3-6-16-7-4-11)14-2-1-12(9-13(14)15)22(19,20)21/h1-2,9,11,15-16,18H,3-8,10H2,(H,19,20,21). The molecule has 122 valence electrons. The Labute approximate surface area is 130 Å². The van der Waals surface area contributed by atoms with Crippen LogP contribution in [0.1, 0.15) is 30.9 Å². The number of rotatable bonds is 3. The summed E-state index contributed by atoms with van der Waals surface area (Å²) in [5, 5.41) is 13.5. The quantitative estimate of drug-likeness (QED) is 0.723. The Morgan fingerprint density at radius 3 is 2.64 bits per heavy atom. The predicted octanol–water partition coefficient (Wildman–Crippen LogP) is 1.18. The topological polar surface area (TPSA) is 89.9 Å². The van der Waals surface area contributed by atoms with Gasteiger partial charge in [-0.3, -0.25) is 4.55 Å². The summed E-state index contributed by atoms with van der Waals surface area (Å²) in [6.45, 7) is 3.77. The number of anilines is 1. The van der Waals surface area contributed by atoms with Gasteiger partial charge in [0, 0.05) is 24.3 Å². The maximum Gasteiger partial charge on any atom is 0.294 e. The fourth-order valence-electron chi connectivity index (χ4n) is 3.37. The predicted molar refractivity (Wildman–Crippen MR) is 83.6 cm³/mol. The van der Waals surface area contributed by atoms with Crippen LogP contribution in [-0.4, -0.2) is 44.3 Å². The summed E-state index contributed by atoms with van der Waals surface area (Å²) >= 11 is 0. The number of nitrogens with one attached hydrogen (secondary N) is 1. The Hall–Kier alpha value is -1.15. The van der Waals surface area contributed by atoms with Crippen molar-refractivity contribution in [2.24, 2.45) is 5.92 Å². The number of benzene rings is 1. The zero-order valence-electron chi connectivity index (χ0n) is 12.4. The molecule has 0 radical (unpaired) electrons. The molecule has 1 fully saturated rings. The Bertz CT molecular complexity index is 641. The summed E-state index contributed by atoms with van der Waals surface area (Å²) in [6, 6.07) is 4.49. The van der Waals surface area contributed by atoms with Gasteiger partial charge in [-0.2, -0.15) is 8.42 Å². The molecule has 1 unspecified atom stereocenters. The van der Waals surface area contributed by atoms with Crippen LogP contribution in [0.3, 0.4) is 0 Å². The van der Waals surface area contributed by atoms with E-state index in [2.05, 4.69) is 10.2 Å². The lowest BCUT2D eigenvalue weighted by molar-refractivity contribution is 0.163. The lowest BCUT2D eigenvalue weighted by Gasteiger charge is -2.37. The fraction of sp³-hybridized carbons (Fsp3) is 0.600. The van der Waals surface area contributed by atoms with Gasteiger partial charge in [0.1, 0.15) is 0 Å². The van der Waals surface area contributed by atoms with E-state index in [1.165, 1.54) is 12.1 Å². The molecule has 0 bridgehead atoms. The molecule has 0 spiro atoms. The van der Waals surface area contributed by atoms with Crippen LogP contribution in [0, 0.1) is 5.92 Å². The Balaban J connectivity index is 1.86. The van der Waals surface area contributed by atoms with Crippen molar-refractivity contribution in [1.29, 1.82) is 0 Å². The molecule has 3 N–H and O–H groups in total. The summed E-state index contributed by atoms with van der Waals surface area (Å²) in [5.41, 5.74) is 1.47. The second-order valence-electron chi connectivity index (χ2n) is 6.14. The molecule has 0 saturated carbocycles. The molecule has 0 aliphatic carbocycles. The largest absolute Gasteiger partial charge is 0.388 e. The second-order valence-corrected chi connectivity index (χ2v) is 7.56. The number of hydrogen-bond donors (Lipinski definition) is 3. The average molecular weight is 326 g/mol. The van der Waals surface area contributed by atoms with Crippen molar-refractivity contribution < 1.29 is 18.1 Å². The Morgan fingerprint density at radius 2 is 1.95 bits per heavy atom. The molecule has 2 heterocycles. The first-order chi connectivity index (χ1) is 10.4. The molecule has 2 aliphatic rings. The van der Waals surface area contributed by atoms with Crippen molar-refractivity contribution in [3.8, 4) is 0 Å². The molecule has 2 aliphatic heterocycles. The van der Waals surface area contributed by atoms with E-state index in [-0.39, 0.29) is 4.90 Å². The van der Waals surface area contributed by atoms with Crippen LogP contribution >= 0.6 is 0 Å². The monoisotopic (exact) mass is 326 g/mol. The molecule has 1 aromatic rings. The summed E-state index contributed by atoms with van der Waals surface area (Å²) in [7, 11) is -4.24. The molecule has 0 aromatic heterocycles. The second kappa shape index (κ2) is 6.16. The van der Waals surface area contributed by atoms with Gasteiger partial charge in [0.25, 0.3) is 10.1 Å². The van der Waals surface area contributed by atoms with Crippen molar-refractivity contribution in [3.05, 3.63) is 23.8 Å². The highest BCUT2D eigenvalue weighted by Gasteiger charge is 2.27. The third-order valence-electron chi connectivity index (χ3n) is 4.61. The molecule has 0 amide bonds. The molecule has 1 atom stereocenters. The van der Waals surface area contributed by atoms with Gasteiger partial charge in [0.2, 0.25) is 0 Å². The van der Waals surface area contributed by atoms with Crippen LogP contribution in [0.25, 0.3) is 0 Å². The van der Waals surface area contributed by atoms with Gasteiger partial charge in [-0.05, 0) is 56.5 Å². The van der Waals surface area contributed by atoms with Gasteiger partial charge in [-0.25, -0.2) is 0 Å². The zero-order chi connectivity index (χ0) is 15.7. The molecule has 6 nitrogen and oxygen atoms in total. The van der Waals surface area contributed by atoms with E-state index in [1.807, 2.05) is 0 Å². The molecular formula is C15H22N2O4S. The van der Waals surface area contributed by atoms with Crippen LogP contribution in [0.4, 0.5) is 5.69 Å². The fourth-order valence-corrected chi connectivity index (χ4v) is 3.88. The third-order valence-corrected chi connectivity index (χ3v) is 5.46. The average Bonchev–Trinajstić information content (AvgIpc) is 2.50. The first-order valence-electron chi connectivity index (χ1n) is 7.70. The number of fused-ring (bicyclic) bond motifs is 1. The van der Waals surface area contributed by atoms with Crippen molar-refractivity contribution in [2.45, 2.75) is 30.3 Å². The summed E-state index contributed by atoms with van der Waals surface area (Å²) < 4.78 is 31.7. The SMILES string of the molecule is O=S(=O)(O)c1ccc2c(c1)C(O)CCN2CC1CCNCC1. The smallest absolute Gasteiger partial charge is 0.294 e. The molecular weight excluding hydrogens is 304 g/mol. The van der Waals surface area contributed by atoms with E-state index in [0.717, 1.165) is 44.7 Å². The van der Waals surface area contributed by atoms with Gasteiger partial charge in [0.15, 0.2) is 0 Å². The van der Waals surface area contributed by atoms with Gasteiger partial charge in [-0.1, -0.05) is 0 Å². The van der Waals surface area contributed by atoms with E-state index < -0.39 is 16.2 Å². The zero-order valence-corrected chi connectivity index (χ0v) is 13.2. The molecule has 22 heavy (non-hydrogen) atoms. The highest BCUT2D eigenvalue weighted by Crippen LogP contribution is 2.36. The van der Waals surface area contributed by atoms with Crippen LogP contribution in [-0.2, 0) is 10.1 Å². The first-order valence-corrected chi connectivity index (χ1v) is 9.14. The normalized spacial score (nSPS) is 23.4. The minimum Gasteiger partial charge on any atom is -0.388 e. The van der Waals surface area contributed by atoms with E-state index in [9.17, 15) is 18.1 Å². The van der Waals surface area contributed by atoms with Crippen LogP contribution < -0.4 is 10.2 Å². The Kier molecular flexibility index (Phi) is 4.40. The summed E-state index contributed by atoms with van der Waals surface area (Å²) in [5.74, 6) is 0.616. The molecule has 7 heteroatoms. The first kappa shape index (κ1) is 15.7. The van der Waals surface area contributed by atoms with Crippen molar-refractivity contribution in [2.75, 3.05) is 31.1 Å². The minimum atomic E-state index is -4.24. The van der Waals surface area contributed by atoms with Gasteiger partial charge >= 0.3 is 0 Å². The third kappa shape index (κ3) is 3.27.